The molecule has 3 aromatic rings. The molecule has 5 N–H and O–H groups in total. The zero-order valence-corrected chi connectivity index (χ0v) is 16.8. The van der Waals surface area contributed by atoms with Crippen LogP contribution in [-0.2, 0) is 17.6 Å². The molecule has 1 aromatic heterocycles. The van der Waals surface area contributed by atoms with Crippen molar-refractivity contribution in [1.29, 1.82) is 0 Å². The third-order valence-corrected chi connectivity index (χ3v) is 5.35. The standard InChI is InChI=1S/C24H27N5O/c25-22(30)15-18-7-4-6-17(14-18)11-13-26-23(19-8-2-1-3-9-19)21-16-28-20-10-5-12-27-24(20)29-21/h1-10,12,14,21,23,26,28H,11,13,15-16H2,(H2,25,30)(H,27,29)/t21-,23-/m1/s1. The van der Waals surface area contributed by atoms with E-state index in [0.29, 0.717) is 0 Å². The van der Waals surface area contributed by atoms with Crippen LogP contribution in [0.15, 0.2) is 72.9 Å². The van der Waals surface area contributed by atoms with Crippen LogP contribution in [0.2, 0.25) is 0 Å². The molecule has 0 unspecified atom stereocenters. The molecule has 0 fully saturated rings. The van der Waals surface area contributed by atoms with Gasteiger partial charge in [0.05, 0.1) is 24.2 Å². The van der Waals surface area contributed by atoms with Crippen molar-refractivity contribution in [3.05, 3.63) is 89.6 Å². The van der Waals surface area contributed by atoms with E-state index < -0.39 is 0 Å². The number of pyridine rings is 1. The Morgan fingerprint density at radius 2 is 1.93 bits per heavy atom. The van der Waals surface area contributed by atoms with Crippen molar-refractivity contribution >= 4 is 17.4 Å². The second kappa shape index (κ2) is 9.41. The average molecular weight is 402 g/mol. The Hall–Kier alpha value is -3.38. The maximum absolute atomic E-state index is 11.2. The number of nitrogens with one attached hydrogen (secondary N) is 3. The molecule has 154 valence electrons. The molecule has 2 heterocycles. The van der Waals surface area contributed by atoms with E-state index in [-0.39, 0.29) is 24.4 Å². The van der Waals surface area contributed by atoms with E-state index in [9.17, 15) is 4.79 Å². The second-order valence-corrected chi connectivity index (χ2v) is 7.59. The lowest BCUT2D eigenvalue weighted by molar-refractivity contribution is -0.117. The fraction of sp³-hybridized carbons (Fsp3) is 0.250. The molecule has 1 aliphatic rings. The summed E-state index contributed by atoms with van der Waals surface area (Å²) in [5.74, 6) is 0.579. The molecular weight excluding hydrogens is 374 g/mol. The summed E-state index contributed by atoms with van der Waals surface area (Å²) in [4.78, 5) is 15.7. The fourth-order valence-electron chi connectivity index (χ4n) is 3.93. The summed E-state index contributed by atoms with van der Waals surface area (Å²) in [5, 5.41) is 10.8. The number of amides is 1. The van der Waals surface area contributed by atoms with Gasteiger partial charge in [-0.3, -0.25) is 4.79 Å². The maximum Gasteiger partial charge on any atom is 0.221 e. The zero-order chi connectivity index (χ0) is 20.8. The maximum atomic E-state index is 11.2. The summed E-state index contributed by atoms with van der Waals surface area (Å²) in [5.41, 5.74) is 9.74. The van der Waals surface area contributed by atoms with Crippen LogP contribution in [0.4, 0.5) is 11.5 Å². The van der Waals surface area contributed by atoms with Gasteiger partial charge >= 0.3 is 0 Å². The van der Waals surface area contributed by atoms with Gasteiger partial charge in [-0.15, -0.1) is 0 Å². The Kier molecular flexibility index (Phi) is 6.25. The summed E-state index contributed by atoms with van der Waals surface area (Å²) in [7, 11) is 0. The number of aromatic nitrogens is 1. The van der Waals surface area contributed by atoms with Crippen LogP contribution >= 0.6 is 0 Å². The largest absolute Gasteiger partial charge is 0.380 e. The first-order valence-corrected chi connectivity index (χ1v) is 10.3. The predicted molar refractivity (Wildman–Crippen MR) is 120 cm³/mol. The van der Waals surface area contributed by atoms with E-state index in [1.165, 1.54) is 11.1 Å². The third kappa shape index (κ3) is 4.96. The van der Waals surface area contributed by atoms with E-state index in [1.807, 2.05) is 30.3 Å². The van der Waals surface area contributed by atoms with Crippen LogP contribution in [0.5, 0.6) is 0 Å². The number of primary amides is 1. The van der Waals surface area contributed by atoms with Crippen LogP contribution in [0, 0.1) is 0 Å². The Morgan fingerprint density at radius 1 is 1.10 bits per heavy atom. The van der Waals surface area contributed by atoms with Gasteiger partial charge in [-0.25, -0.2) is 4.98 Å². The smallest absolute Gasteiger partial charge is 0.221 e. The predicted octanol–water partition coefficient (Wildman–Crippen LogP) is 2.89. The monoisotopic (exact) mass is 401 g/mol. The first-order chi connectivity index (χ1) is 14.7. The number of carbonyl (C=O) groups is 1. The van der Waals surface area contributed by atoms with Gasteiger partial charge in [0.25, 0.3) is 0 Å². The minimum Gasteiger partial charge on any atom is -0.380 e. The molecule has 0 saturated heterocycles. The Labute approximate surface area is 176 Å². The van der Waals surface area contributed by atoms with E-state index in [2.05, 4.69) is 57.3 Å². The van der Waals surface area contributed by atoms with Gasteiger partial charge in [0.2, 0.25) is 5.91 Å². The molecule has 0 bridgehead atoms. The summed E-state index contributed by atoms with van der Waals surface area (Å²) in [6, 6.07) is 22.8. The van der Waals surface area contributed by atoms with Crippen molar-refractivity contribution in [1.82, 2.24) is 10.3 Å². The third-order valence-electron chi connectivity index (χ3n) is 5.35. The molecule has 6 nitrogen and oxygen atoms in total. The summed E-state index contributed by atoms with van der Waals surface area (Å²) < 4.78 is 0. The van der Waals surface area contributed by atoms with Crippen LogP contribution < -0.4 is 21.7 Å². The average Bonchev–Trinajstić information content (AvgIpc) is 2.77. The van der Waals surface area contributed by atoms with Crippen molar-refractivity contribution in [3.8, 4) is 0 Å². The quantitative estimate of drug-likeness (QED) is 0.466. The SMILES string of the molecule is NC(=O)Cc1cccc(CCN[C@H](c2ccccc2)[C@H]2CNc3cccnc3N2)c1. The minimum absolute atomic E-state index is 0.127. The van der Waals surface area contributed by atoms with E-state index in [0.717, 1.165) is 36.6 Å². The molecule has 2 atom stereocenters. The summed E-state index contributed by atoms with van der Waals surface area (Å²) in [6.07, 6.45) is 2.95. The summed E-state index contributed by atoms with van der Waals surface area (Å²) >= 11 is 0. The number of hydrogen-bond donors (Lipinski definition) is 4. The van der Waals surface area contributed by atoms with Crippen LogP contribution in [0.1, 0.15) is 22.7 Å². The minimum atomic E-state index is -0.306. The number of rotatable bonds is 8. The molecule has 4 rings (SSSR count). The van der Waals surface area contributed by atoms with Crippen LogP contribution in [-0.4, -0.2) is 30.0 Å². The highest BCUT2D eigenvalue weighted by molar-refractivity contribution is 5.76. The van der Waals surface area contributed by atoms with Crippen molar-refractivity contribution in [2.45, 2.75) is 24.9 Å². The Morgan fingerprint density at radius 3 is 2.77 bits per heavy atom. The van der Waals surface area contributed by atoms with E-state index in [4.69, 9.17) is 5.73 Å². The number of anilines is 2. The molecule has 0 radical (unpaired) electrons. The van der Waals surface area contributed by atoms with E-state index >= 15 is 0 Å². The normalized spacial score (nSPS) is 16.1. The van der Waals surface area contributed by atoms with Gasteiger partial charge in [-0.2, -0.15) is 0 Å². The molecule has 2 aromatic carbocycles. The number of nitrogens with two attached hydrogens (primary N) is 1. The molecule has 0 spiro atoms. The van der Waals surface area contributed by atoms with Crippen molar-refractivity contribution in [2.75, 3.05) is 23.7 Å². The van der Waals surface area contributed by atoms with Crippen molar-refractivity contribution in [3.63, 3.8) is 0 Å². The topological polar surface area (TPSA) is 92.1 Å². The van der Waals surface area contributed by atoms with E-state index in [1.54, 1.807) is 6.20 Å². The van der Waals surface area contributed by atoms with Gasteiger partial charge in [-0.05, 0) is 41.8 Å². The Balaban J connectivity index is 1.45. The molecule has 1 amide bonds. The van der Waals surface area contributed by atoms with Crippen molar-refractivity contribution in [2.24, 2.45) is 5.73 Å². The molecule has 0 saturated carbocycles. The van der Waals surface area contributed by atoms with Crippen LogP contribution in [0.3, 0.4) is 0 Å². The van der Waals surface area contributed by atoms with Gasteiger partial charge in [0.15, 0.2) is 0 Å². The number of benzene rings is 2. The molecule has 1 aliphatic heterocycles. The highest BCUT2D eigenvalue weighted by atomic mass is 16.1. The number of fused-ring (bicyclic) bond motifs is 1. The first-order valence-electron chi connectivity index (χ1n) is 10.3. The lowest BCUT2D eigenvalue weighted by Gasteiger charge is -2.34. The van der Waals surface area contributed by atoms with Gasteiger partial charge in [0, 0.05) is 12.7 Å². The summed E-state index contributed by atoms with van der Waals surface area (Å²) in [6.45, 7) is 1.62. The highest BCUT2D eigenvalue weighted by Gasteiger charge is 2.27. The molecule has 30 heavy (non-hydrogen) atoms. The number of nitrogens with zero attached hydrogens (tertiary/aromatic N) is 1. The first kappa shape index (κ1) is 19.9. The van der Waals surface area contributed by atoms with Gasteiger partial charge in [0.1, 0.15) is 5.82 Å². The van der Waals surface area contributed by atoms with Gasteiger partial charge < -0.3 is 21.7 Å². The number of carbonyl (C=O) groups excluding carboxylic acids is 1. The lowest BCUT2D eigenvalue weighted by Crippen LogP contribution is -2.44. The molecular formula is C24H27N5O. The Bertz CT molecular complexity index is 992. The second-order valence-electron chi connectivity index (χ2n) is 7.59. The lowest BCUT2D eigenvalue weighted by atomic mass is 9.97. The molecule has 6 heteroatoms. The van der Waals surface area contributed by atoms with Crippen LogP contribution in [0.25, 0.3) is 0 Å². The number of hydrogen-bond acceptors (Lipinski definition) is 5. The highest BCUT2D eigenvalue weighted by Crippen LogP contribution is 2.28. The van der Waals surface area contributed by atoms with Crippen molar-refractivity contribution < 1.29 is 4.79 Å². The zero-order valence-electron chi connectivity index (χ0n) is 16.8. The fourth-order valence-corrected chi connectivity index (χ4v) is 3.93. The molecule has 0 aliphatic carbocycles. The van der Waals surface area contributed by atoms with Gasteiger partial charge in [-0.1, -0.05) is 54.6 Å².